The van der Waals surface area contributed by atoms with Gasteiger partial charge in [0, 0.05) is 13.1 Å². The molecule has 0 aliphatic heterocycles. The summed E-state index contributed by atoms with van der Waals surface area (Å²) in [7, 11) is 0. The molecule has 2 aromatic rings. The van der Waals surface area contributed by atoms with Crippen LogP contribution in [0.15, 0.2) is 54.6 Å². The Labute approximate surface area is 154 Å². The first-order valence-corrected chi connectivity index (χ1v) is 9.00. The molecule has 0 aliphatic rings. The van der Waals surface area contributed by atoms with Gasteiger partial charge in [0.05, 0.1) is 19.1 Å². The molecule has 0 fully saturated rings. The zero-order chi connectivity index (χ0) is 18.6. The monoisotopic (exact) mass is 357 g/mol. The van der Waals surface area contributed by atoms with Crippen molar-refractivity contribution < 1.29 is 19.7 Å². The van der Waals surface area contributed by atoms with Crippen molar-refractivity contribution in [2.24, 2.45) is 0 Å². The van der Waals surface area contributed by atoms with Crippen LogP contribution in [0, 0.1) is 0 Å². The minimum absolute atomic E-state index is 0.0586. The van der Waals surface area contributed by atoms with E-state index in [4.69, 9.17) is 9.84 Å². The molecule has 0 aromatic heterocycles. The molecule has 1 atom stereocenters. The Morgan fingerprint density at radius 2 is 1.77 bits per heavy atom. The second-order valence-corrected chi connectivity index (χ2v) is 6.29. The molecule has 0 saturated heterocycles. The number of aliphatic hydroxyl groups is 1. The smallest absolute Gasteiger partial charge is 0.304 e. The van der Waals surface area contributed by atoms with Gasteiger partial charge in [0.2, 0.25) is 0 Å². The number of carboxylic acids is 1. The van der Waals surface area contributed by atoms with Gasteiger partial charge in [-0.05, 0) is 42.5 Å². The molecule has 0 heterocycles. The molecule has 26 heavy (non-hydrogen) atoms. The fourth-order valence-corrected chi connectivity index (χ4v) is 2.64. The van der Waals surface area contributed by atoms with E-state index >= 15 is 0 Å². The Morgan fingerprint density at radius 1 is 1.04 bits per heavy atom. The number of rotatable bonds is 12. The second kappa shape index (κ2) is 11.3. The molecule has 0 amide bonds. The minimum atomic E-state index is -0.841. The highest BCUT2D eigenvalue weighted by molar-refractivity contribution is 5.66. The summed E-state index contributed by atoms with van der Waals surface area (Å²) >= 11 is 0. The van der Waals surface area contributed by atoms with Gasteiger partial charge >= 0.3 is 5.97 Å². The summed E-state index contributed by atoms with van der Waals surface area (Å²) in [5, 5.41) is 21.5. The molecule has 1 unspecified atom stereocenters. The second-order valence-electron chi connectivity index (χ2n) is 6.29. The van der Waals surface area contributed by atoms with Crippen LogP contribution >= 0.6 is 0 Å². The van der Waals surface area contributed by atoms with Gasteiger partial charge in [-0.1, -0.05) is 42.5 Å². The average molecular weight is 357 g/mol. The van der Waals surface area contributed by atoms with E-state index in [1.165, 1.54) is 5.56 Å². The highest BCUT2D eigenvalue weighted by Gasteiger charge is 2.06. The molecule has 140 valence electrons. The first kappa shape index (κ1) is 19.9. The minimum Gasteiger partial charge on any atom is -0.494 e. The predicted octanol–water partition coefficient (Wildman–Crippen LogP) is 2.67. The van der Waals surface area contributed by atoms with E-state index in [1.54, 1.807) is 0 Å². The number of aliphatic carboxylic acids is 1. The van der Waals surface area contributed by atoms with Crippen LogP contribution in [0.5, 0.6) is 5.75 Å². The number of hydrogen-bond donors (Lipinski definition) is 3. The van der Waals surface area contributed by atoms with Gasteiger partial charge in [-0.2, -0.15) is 0 Å². The van der Waals surface area contributed by atoms with E-state index in [1.807, 2.05) is 42.5 Å². The molecule has 0 radical (unpaired) electrons. The number of nitrogens with one attached hydrogen (secondary N) is 1. The van der Waals surface area contributed by atoms with Crippen LogP contribution in [0.2, 0.25) is 0 Å². The van der Waals surface area contributed by atoms with E-state index in [2.05, 4.69) is 17.4 Å². The number of carboxylic acid groups (broad SMARTS) is 1. The first-order chi connectivity index (χ1) is 12.6. The average Bonchev–Trinajstić information content (AvgIpc) is 2.64. The van der Waals surface area contributed by atoms with Gasteiger partial charge in [-0.25, -0.2) is 0 Å². The number of ether oxygens (including phenoxy) is 1. The lowest BCUT2D eigenvalue weighted by Crippen LogP contribution is -2.29. The first-order valence-electron chi connectivity index (χ1n) is 9.00. The largest absolute Gasteiger partial charge is 0.494 e. The molecule has 3 N–H and O–H groups in total. The van der Waals surface area contributed by atoms with Crippen LogP contribution in [0.25, 0.3) is 0 Å². The molecule has 0 spiro atoms. The van der Waals surface area contributed by atoms with Crippen LogP contribution in [-0.2, 0) is 17.6 Å². The lowest BCUT2D eigenvalue weighted by molar-refractivity contribution is -0.136. The fourth-order valence-electron chi connectivity index (χ4n) is 2.64. The van der Waals surface area contributed by atoms with Gasteiger partial charge in [0.15, 0.2) is 0 Å². The number of aliphatic hydroxyl groups excluding tert-OH is 1. The Kier molecular flexibility index (Phi) is 8.66. The van der Waals surface area contributed by atoms with Crippen molar-refractivity contribution in [3.63, 3.8) is 0 Å². The summed E-state index contributed by atoms with van der Waals surface area (Å²) in [5.74, 6) is -0.0118. The SMILES string of the molecule is O=C(O)CCNCC(O)Cc1ccc(OCCCc2ccccc2)cc1. The van der Waals surface area contributed by atoms with Crippen LogP contribution < -0.4 is 10.1 Å². The standard InChI is InChI=1S/C21H27NO4/c23-19(16-22-13-12-21(24)25)15-18-8-10-20(11-9-18)26-14-4-7-17-5-2-1-3-6-17/h1-3,5-6,8-11,19,22-23H,4,7,12-16H2,(H,24,25). The van der Waals surface area contributed by atoms with Crippen molar-refractivity contribution in [3.05, 3.63) is 65.7 Å². The topological polar surface area (TPSA) is 78.8 Å². The van der Waals surface area contributed by atoms with Crippen molar-refractivity contribution in [1.29, 1.82) is 0 Å². The van der Waals surface area contributed by atoms with Crippen molar-refractivity contribution in [3.8, 4) is 5.75 Å². The zero-order valence-electron chi connectivity index (χ0n) is 14.9. The number of benzene rings is 2. The normalized spacial score (nSPS) is 11.9. The molecule has 2 rings (SSSR count). The molecule has 0 bridgehead atoms. The van der Waals surface area contributed by atoms with Crippen LogP contribution in [-0.4, -0.2) is 42.0 Å². The highest BCUT2D eigenvalue weighted by atomic mass is 16.5. The third kappa shape index (κ3) is 8.14. The lowest BCUT2D eigenvalue weighted by Gasteiger charge is -2.12. The Balaban J connectivity index is 1.63. The summed E-state index contributed by atoms with van der Waals surface area (Å²) < 4.78 is 5.76. The van der Waals surface area contributed by atoms with Crippen molar-refractivity contribution in [2.75, 3.05) is 19.7 Å². The number of aryl methyl sites for hydroxylation is 1. The van der Waals surface area contributed by atoms with Gasteiger partial charge < -0.3 is 20.3 Å². The van der Waals surface area contributed by atoms with Gasteiger partial charge in [-0.15, -0.1) is 0 Å². The van der Waals surface area contributed by atoms with Crippen LogP contribution in [0.3, 0.4) is 0 Å². The zero-order valence-corrected chi connectivity index (χ0v) is 14.9. The van der Waals surface area contributed by atoms with E-state index in [-0.39, 0.29) is 6.42 Å². The highest BCUT2D eigenvalue weighted by Crippen LogP contribution is 2.14. The van der Waals surface area contributed by atoms with E-state index < -0.39 is 12.1 Å². The summed E-state index contributed by atoms with van der Waals surface area (Å²) in [5.41, 5.74) is 2.34. The maximum Gasteiger partial charge on any atom is 0.304 e. The molecule has 2 aromatic carbocycles. The van der Waals surface area contributed by atoms with Crippen LogP contribution in [0.1, 0.15) is 24.0 Å². The maximum atomic E-state index is 10.4. The third-order valence-electron chi connectivity index (χ3n) is 4.01. The summed E-state index contributed by atoms with van der Waals surface area (Å²) in [6.45, 7) is 1.41. The number of hydrogen-bond acceptors (Lipinski definition) is 4. The van der Waals surface area contributed by atoms with E-state index in [0.29, 0.717) is 26.1 Å². The van der Waals surface area contributed by atoms with Crippen molar-refractivity contribution in [1.82, 2.24) is 5.32 Å². The predicted molar refractivity (Wildman–Crippen MR) is 102 cm³/mol. The maximum absolute atomic E-state index is 10.4. The molecule has 5 heteroatoms. The lowest BCUT2D eigenvalue weighted by atomic mass is 10.1. The Morgan fingerprint density at radius 3 is 2.46 bits per heavy atom. The molecule has 0 saturated carbocycles. The quantitative estimate of drug-likeness (QED) is 0.509. The van der Waals surface area contributed by atoms with E-state index in [9.17, 15) is 9.90 Å². The van der Waals surface area contributed by atoms with Crippen LogP contribution in [0.4, 0.5) is 0 Å². The summed E-state index contributed by atoms with van der Waals surface area (Å²) in [4.78, 5) is 10.4. The molecular weight excluding hydrogens is 330 g/mol. The van der Waals surface area contributed by atoms with Gasteiger partial charge in [-0.3, -0.25) is 4.79 Å². The number of carbonyl (C=O) groups is 1. The van der Waals surface area contributed by atoms with Gasteiger partial charge in [0.1, 0.15) is 5.75 Å². The van der Waals surface area contributed by atoms with Crippen molar-refractivity contribution in [2.45, 2.75) is 31.8 Å². The molecule has 0 aliphatic carbocycles. The van der Waals surface area contributed by atoms with Gasteiger partial charge in [0.25, 0.3) is 0 Å². The Bertz CT molecular complexity index is 643. The van der Waals surface area contributed by atoms with E-state index in [0.717, 1.165) is 24.2 Å². The molecular formula is C21H27NO4. The molecule has 5 nitrogen and oxygen atoms in total. The fraction of sp³-hybridized carbons (Fsp3) is 0.381. The third-order valence-corrected chi connectivity index (χ3v) is 4.01. The summed E-state index contributed by atoms with van der Waals surface area (Å²) in [6.07, 6.45) is 2.01. The Hall–Kier alpha value is -2.37. The summed E-state index contributed by atoms with van der Waals surface area (Å²) in [6, 6.07) is 18.1. The van der Waals surface area contributed by atoms with Crippen molar-refractivity contribution >= 4 is 5.97 Å².